The summed E-state index contributed by atoms with van der Waals surface area (Å²) in [5, 5.41) is 10.5. The molecule has 142 valence electrons. The van der Waals surface area contributed by atoms with Crippen molar-refractivity contribution in [1.29, 1.82) is 0 Å². The number of nitrogens with zero attached hydrogens (tertiary/aromatic N) is 3. The molecule has 1 amide bonds. The van der Waals surface area contributed by atoms with Gasteiger partial charge in [0.2, 0.25) is 0 Å². The molecule has 4 rings (SSSR count). The number of rotatable bonds is 3. The molecule has 0 unspecified atom stereocenters. The van der Waals surface area contributed by atoms with Gasteiger partial charge in [0.1, 0.15) is 0 Å². The van der Waals surface area contributed by atoms with Crippen LogP contribution in [0.2, 0.25) is 0 Å². The predicted octanol–water partition coefficient (Wildman–Crippen LogP) is 1.19. The topological polar surface area (TPSA) is 56.3 Å². The van der Waals surface area contributed by atoms with E-state index in [9.17, 15) is 9.90 Å². The lowest BCUT2D eigenvalue weighted by Crippen LogP contribution is -2.46. The molecule has 6 nitrogen and oxygen atoms in total. The van der Waals surface area contributed by atoms with Gasteiger partial charge in [-0.2, -0.15) is 0 Å². The first-order valence-electron chi connectivity index (χ1n) is 9.86. The van der Waals surface area contributed by atoms with Gasteiger partial charge in [-0.15, -0.1) is 0 Å². The predicted molar refractivity (Wildman–Crippen MR) is 101 cm³/mol. The zero-order chi connectivity index (χ0) is 17.9. The van der Waals surface area contributed by atoms with Crippen molar-refractivity contribution in [3.8, 4) is 0 Å². The number of amides is 1. The number of anilines is 1. The fraction of sp³-hybridized carbons (Fsp3) is 0.650. The second-order valence-corrected chi connectivity index (χ2v) is 7.59. The number of morpholine rings is 1. The van der Waals surface area contributed by atoms with Crippen molar-refractivity contribution in [1.82, 2.24) is 9.80 Å². The maximum atomic E-state index is 12.9. The highest BCUT2D eigenvalue weighted by molar-refractivity contribution is 5.94. The number of aliphatic hydroxyl groups excluding tert-OH is 1. The number of hydrogen-bond acceptors (Lipinski definition) is 5. The van der Waals surface area contributed by atoms with E-state index < -0.39 is 6.10 Å². The van der Waals surface area contributed by atoms with Gasteiger partial charge in [-0.1, -0.05) is 6.42 Å². The van der Waals surface area contributed by atoms with E-state index in [2.05, 4.69) is 9.80 Å². The van der Waals surface area contributed by atoms with E-state index in [-0.39, 0.29) is 11.9 Å². The monoisotopic (exact) mass is 359 g/mol. The maximum absolute atomic E-state index is 12.9. The van der Waals surface area contributed by atoms with Crippen LogP contribution in [0.4, 0.5) is 5.69 Å². The van der Waals surface area contributed by atoms with Gasteiger partial charge in [0.05, 0.1) is 25.4 Å². The highest BCUT2D eigenvalue weighted by Gasteiger charge is 2.38. The summed E-state index contributed by atoms with van der Waals surface area (Å²) in [6.45, 7) is 6.44. The van der Waals surface area contributed by atoms with E-state index in [1.165, 1.54) is 19.3 Å². The maximum Gasteiger partial charge on any atom is 0.253 e. The Labute approximate surface area is 155 Å². The number of ether oxygens (including phenoxy) is 1. The zero-order valence-electron chi connectivity index (χ0n) is 15.3. The Hall–Kier alpha value is -1.63. The number of piperidine rings is 1. The van der Waals surface area contributed by atoms with Crippen LogP contribution in [0.15, 0.2) is 24.3 Å². The molecule has 3 saturated heterocycles. The van der Waals surface area contributed by atoms with Gasteiger partial charge >= 0.3 is 0 Å². The molecule has 3 aliphatic heterocycles. The third-order valence-corrected chi connectivity index (χ3v) is 5.90. The molecule has 0 radical (unpaired) electrons. The van der Waals surface area contributed by atoms with Crippen molar-refractivity contribution >= 4 is 11.6 Å². The Morgan fingerprint density at radius 2 is 1.65 bits per heavy atom. The lowest BCUT2D eigenvalue weighted by atomic mass is 10.1. The lowest BCUT2D eigenvalue weighted by Gasteiger charge is -2.33. The summed E-state index contributed by atoms with van der Waals surface area (Å²) in [4.78, 5) is 19.3. The van der Waals surface area contributed by atoms with Crippen molar-refractivity contribution < 1.29 is 14.6 Å². The Kier molecular flexibility index (Phi) is 5.43. The van der Waals surface area contributed by atoms with E-state index in [1.54, 1.807) is 0 Å². The second-order valence-electron chi connectivity index (χ2n) is 7.59. The number of β-amino-alcohol motifs (C(OH)–C–C–N with tert-alkyl or cyclic N) is 1. The summed E-state index contributed by atoms with van der Waals surface area (Å²) in [7, 11) is 0. The number of benzene rings is 1. The normalized spacial score (nSPS) is 27.7. The average Bonchev–Trinajstić information content (AvgIpc) is 3.10. The Morgan fingerprint density at radius 1 is 0.962 bits per heavy atom. The van der Waals surface area contributed by atoms with Gasteiger partial charge in [-0.05, 0) is 50.2 Å². The zero-order valence-corrected chi connectivity index (χ0v) is 15.3. The summed E-state index contributed by atoms with van der Waals surface area (Å²) in [6.07, 6.45) is 3.22. The molecule has 0 saturated carbocycles. The number of carbonyl (C=O) groups excluding carboxylic acids is 1. The SMILES string of the molecule is O=C(c1ccc(N2CCOCC2)cc1)N1C[C@H](O)[C@@H](N2CCCCC2)C1. The summed E-state index contributed by atoms with van der Waals surface area (Å²) in [5.41, 5.74) is 1.84. The van der Waals surface area contributed by atoms with Crippen LogP contribution in [0.1, 0.15) is 29.6 Å². The average molecular weight is 359 g/mol. The van der Waals surface area contributed by atoms with Gasteiger partial charge in [0.15, 0.2) is 0 Å². The van der Waals surface area contributed by atoms with Crippen molar-refractivity contribution in [2.45, 2.75) is 31.4 Å². The van der Waals surface area contributed by atoms with Crippen LogP contribution in [0.5, 0.6) is 0 Å². The number of hydrogen-bond donors (Lipinski definition) is 1. The van der Waals surface area contributed by atoms with E-state index in [0.717, 1.165) is 45.1 Å². The van der Waals surface area contributed by atoms with E-state index in [1.807, 2.05) is 29.2 Å². The van der Waals surface area contributed by atoms with Gasteiger partial charge in [0.25, 0.3) is 5.91 Å². The van der Waals surface area contributed by atoms with Crippen LogP contribution in [0.3, 0.4) is 0 Å². The van der Waals surface area contributed by atoms with Gasteiger partial charge in [-0.25, -0.2) is 0 Å². The minimum absolute atomic E-state index is 0.0251. The van der Waals surface area contributed by atoms with Crippen LogP contribution in [-0.2, 0) is 4.74 Å². The summed E-state index contributed by atoms with van der Waals surface area (Å²) >= 11 is 0. The van der Waals surface area contributed by atoms with Crippen molar-refractivity contribution in [3.63, 3.8) is 0 Å². The van der Waals surface area contributed by atoms with Crippen molar-refractivity contribution in [2.75, 3.05) is 57.4 Å². The third kappa shape index (κ3) is 3.72. The highest BCUT2D eigenvalue weighted by Crippen LogP contribution is 2.23. The number of carbonyl (C=O) groups is 1. The summed E-state index contributed by atoms with van der Waals surface area (Å²) in [6, 6.07) is 7.95. The molecule has 0 bridgehead atoms. The van der Waals surface area contributed by atoms with Crippen LogP contribution in [0.25, 0.3) is 0 Å². The number of likely N-dealkylation sites (tertiary alicyclic amines) is 2. The lowest BCUT2D eigenvalue weighted by molar-refractivity contribution is 0.0702. The molecule has 0 spiro atoms. The van der Waals surface area contributed by atoms with Crippen molar-refractivity contribution in [3.05, 3.63) is 29.8 Å². The molecular formula is C20H29N3O3. The molecule has 6 heteroatoms. The van der Waals surface area contributed by atoms with E-state index in [0.29, 0.717) is 18.7 Å². The molecule has 1 N–H and O–H groups in total. The smallest absolute Gasteiger partial charge is 0.253 e. The summed E-state index contributed by atoms with van der Waals surface area (Å²) in [5.74, 6) is 0.0251. The van der Waals surface area contributed by atoms with E-state index in [4.69, 9.17) is 4.74 Å². The summed E-state index contributed by atoms with van der Waals surface area (Å²) < 4.78 is 5.39. The molecule has 0 aromatic heterocycles. The molecule has 0 aliphatic carbocycles. The van der Waals surface area contributed by atoms with Gasteiger partial charge < -0.3 is 19.6 Å². The quantitative estimate of drug-likeness (QED) is 0.879. The van der Waals surface area contributed by atoms with Crippen LogP contribution in [0, 0.1) is 0 Å². The van der Waals surface area contributed by atoms with Gasteiger partial charge in [-0.3, -0.25) is 9.69 Å². The minimum atomic E-state index is -0.440. The first-order chi connectivity index (χ1) is 12.7. The minimum Gasteiger partial charge on any atom is -0.390 e. The number of aliphatic hydroxyl groups is 1. The highest BCUT2D eigenvalue weighted by atomic mass is 16.5. The third-order valence-electron chi connectivity index (χ3n) is 5.90. The first-order valence-corrected chi connectivity index (χ1v) is 9.86. The van der Waals surface area contributed by atoms with Crippen molar-refractivity contribution in [2.24, 2.45) is 0 Å². The molecular weight excluding hydrogens is 330 g/mol. The molecule has 2 atom stereocenters. The molecule has 3 fully saturated rings. The van der Waals surface area contributed by atoms with Gasteiger partial charge in [0, 0.05) is 37.4 Å². The Bertz CT molecular complexity index is 609. The molecule has 3 aliphatic rings. The van der Waals surface area contributed by atoms with E-state index >= 15 is 0 Å². The molecule has 1 aromatic carbocycles. The molecule has 26 heavy (non-hydrogen) atoms. The fourth-order valence-electron chi connectivity index (χ4n) is 4.36. The second kappa shape index (κ2) is 7.94. The van der Waals surface area contributed by atoms with Crippen LogP contribution >= 0.6 is 0 Å². The Morgan fingerprint density at radius 3 is 2.35 bits per heavy atom. The first kappa shape index (κ1) is 17.8. The Balaban J connectivity index is 1.39. The standard InChI is InChI=1S/C20H29N3O3/c24-19-15-23(14-18(19)22-8-2-1-3-9-22)20(25)16-4-6-17(7-5-16)21-10-12-26-13-11-21/h4-7,18-19,24H,1-3,8-15H2/t18-,19-/m0/s1. The molecule has 1 aromatic rings. The molecule has 3 heterocycles. The van der Waals surface area contributed by atoms with Crippen LogP contribution < -0.4 is 4.90 Å². The van der Waals surface area contributed by atoms with Crippen LogP contribution in [-0.4, -0.2) is 85.4 Å². The fourth-order valence-corrected chi connectivity index (χ4v) is 4.36. The largest absolute Gasteiger partial charge is 0.390 e.